The lowest BCUT2D eigenvalue weighted by molar-refractivity contribution is -0.119. The molecule has 5 nitrogen and oxygen atoms in total. The van der Waals surface area contributed by atoms with Crippen LogP contribution in [-0.2, 0) is 11.3 Å². The molecule has 1 fully saturated rings. The van der Waals surface area contributed by atoms with Crippen molar-refractivity contribution in [1.82, 2.24) is 15.2 Å². The van der Waals surface area contributed by atoms with E-state index in [1.54, 1.807) is 11.8 Å². The molecule has 0 radical (unpaired) electrons. The molecule has 0 bridgehead atoms. The summed E-state index contributed by atoms with van der Waals surface area (Å²) >= 11 is 1.58. The van der Waals surface area contributed by atoms with Crippen molar-refractivity contribution in [3.63, 3.8) is 0 Å². The number of rotatable bonds is 8. The van der Waals surface area contributed by atoms with Crippen molar-refractivity contribution in [2.24, 2.45) is 5.92 Å². The van der Waals surface area contributed by atoms with Gasteiger partial charge in [0.25, 0.3) is 0 Å². The zero-order valence-corrected chi connectivity index (χ0v) is 16.1. The van der Waals surface area contributed by atoms with Crippen LogP contribution < -0.4 is 10.2 Å². The standard InChI is InChI=1S/C18H30N4OS/c1-5-6-15-11-22(12-16(15)20-18(23)13-24-4)10-14-7-8-17(19-9-14)21(2)3/h7-9,15-16H,5-6,10-13H2,1-4H3,(H,20,23)/t15-,16-/m0/s1. The highest BCUT2D eigenvalue weighted by molar-refractivity contribution is 7.99. The highest BCUT2D eigenvalue weighted by atomic mass is 32.2. The molecule has 1 amide bonds. The number of thioether (sulfide) groups is 1. The maximum absolute atomic E-state index is 12.0. The number of hydrogen-bond donors (Lipinski definition) is 1. The third-order valence-corrected chi connectivity index (χ3v) is 5.02. The summed E-state index contributed by atoms with van der Waals surface area (Å²) in [6.45, 7) is 5.09. The molecule has 1 aliphatic heterocycles. The van der Waals surface area contributed by atoms with Gasteiger partial charge in [-0.3, -0.25) is 9.69 Å². The van der Waals surface area contributed by atoms with Crippen LogP contribution in [0.15, 0.2) is 18.3 Å². The zero-order valence-electron chi connectivity index (χ0n) is 15.3. The number of hydrogen-bond acceptors (Lipinski definition) is 5. The van der Waals surface area contributed by atoms with Gasteiger partial charge in [-0.25, -0.2) is 4.98 Å². The Kier molecular flexibility index (Phi) is 7.37. The number of carbonyl (C=O) groups is 1. The lowest BCUT2D eigenvalue weighted by atomic mass is 9.98. The molecule has 1 aliphatic rings. The van der Waals surface area contributed by atoms with Gasteiger partial charge in [-0.1, -0.05) is 19.4 Å². The summed E-state index contributed by atoms with van der Waals surface area (Å²) in [4.78, 5) is 20.9. The van der Waals surface area contributed by atoms with Crippen LogP contribution in [0, 0.1) is 5.92 Å². The van der Waals surface area contributed by atoms with E-state index in [0.29, 0.717) is 11.7 Å². The Hall–Kier alpha value is -1.27. The monoisotopic (exact) mass is 350 g/mol. The van der Waals surface area contributed by atoms with Gasteiger partial charge in [-0.15, -0.1) is 0 Å². The van der Waals surface area contributed by atoms with E-state index in [2.05, 4.69) is 34.3 Å². The van der Waals surface area contributed by atoms with Crippen LogP contribution in [0.1, 0.15) is 25.3 Å². The number of amides is 1. The van der Waals surface area contributed by atoms with Crippen LogP contribution in [-0.4, -0.2) is 61.0 Å². The number of pyridine rings is 1. The molecule has 0 unspecified atom stereocenters. The molecule has 1 saturated heterocycles. The molecule has 2 atom stereocenters. The first-order chi connectivity index (χ1) is 11.5. The van der Waals surface area contributed by atoms with Crippen LogP contribution in [0.5, 0.6) is 0 Å². The molecular weight excluding hydrogens is 320 g/mol. The van der Waals surface area contributed by atoms with Gasteiger partial charge in [-0.05, 0) is 30.2 Å². The molecule has 134 valence electrons. The van der Waals surface area contributed by atoms with Gasteiger partial charge in [-0.2, -0.15) is 11.8 Å². The van der Waals surface area contributed by atoms with Gasteiger partial charge in [0, 0.05) is 46.0 Å². The Bertz CT molecular complexity index is 520. The van der Waals surface area contributed by atoms with E-state index in [4.69, 9.17) is 0 Å². The van der Waals surface area contributed by atoms with Crippen molar-refractivity contribution in [3.8, 4) is 0 Å². The van der Waals surface area contributed by atoms with Crippen LogP contribution in [0.25, 0.3) is 0 Å². The predicted molar refractivity (Wildman–Crippen MR) is 103 cm³/mol. The van der Waals surface area contributed by atoms with Gasteiger partial charge in [0.1, 0.15) is 5.82 Å². The first-order valence-electron chi connectivity index (χ1n) is 8.66. The summed E-state index contributed by atoms with van der Waals surface area (Å²) in [5.74, 6) is 2.24. The molecule has 0 aromatic carbocycles. The summed E-state index contributed by atoms with van der Waals surface area (Å²) in [6.07, 6.45) is 6.25. The Morgan fingerprint density at radius 2 is 2.21 bits per heavy atom. The summed E-state index contributed by atoms with van der Waals surface area (Å²) in [5, 5.41) is 3.23. The molecule has 0 aliphatic carbocycles. The van der Waals surface area contributed by atoms with E-state index in [0.717, 1.165) is 31.9 Å². The first-order valence-corrected chi connectivity index (χ1v) is 10.1. The number of anilines is 1. The molecule has 0 saturated carbocycles. The maximum atomic E-state index is 12.0. The minimum atomic E-state index is 0.160. The second-order valence-electron chi connectivity index (χ2n) is 6.77. The van der Waals surface area contributed by atoms with Gasteiger partial charge >= 0.3 is 0 Å². The fourth-order valence-corrected chi connectivity index (χ4v) is 3.67. The number of likely N-dealkylation sites (tertiary alicyclic amines) is 1. The van der Waals surface area contributed by atoms with Crippen LogP contribution in [0.2, 0.25) is 0 Å². The summed E-state index contributed by atoms with van der Waals surface area (Å²) in [6, 6.07) is 4.49. The number of carbonyl (C=O) groups excluding carboxylic acids is 1. The minimum Gasteiger partial charge on any atom is -0.363 e. The van der Waals surface area contributed by atoms with Gasteiger partial charge in [0.15, 0.2) is 0 Å². The molecule has 1 aromatic rings. The van der Waals surface area contributed by atoms with E-state index in [1.807, 2.05) is 31.4 Å². The lowest BCUT2D eigenvalue weighted by Gasteiger charge is -2.19. The van der Waals surface area contributed by atoms with Gasteiger partial charge in [0.05, 0.1) is 5.75 Å². The molecule has 2 heterocycles. The van der Waals surface area contributed by atoms with Crippen molar-refractivity contribution in [3.05, 3.63) is 23.9 Å². The second kappa shape index (κ2) is 9.28. The van der Waals surface area contributed by atoms with E-state index in [1.165, 1.54) is 12.0 Å². The Labute approximate surface area is 150 Å². The summed E-state index contributed by atoms with van der Waals surface area (Å²) < 4.78 is 0. The smallest absolute Gasteiger partial charge is 0.230 e. The Morgan fingerprint density at radius 3 is 2.79 bits per heavy atom. The average Bonchev–Trinajstić information content (AvgIpc) is 2.89. The van der Waals surface area contributed by atoms with Crippen LogP contribution >= 0.6 is 11.8 Å². The van der Waals surface area contributed by atoms with Crippen molar-refractivity contribution < 1.29 is 4.79 Å². The van der Waals surface area contributed by atoms with E-state index >= 15 is 0 Å². The fourth-order valence-electron chi connectivity index (χ4n) is 3.33. The largest absolute Gasteiger partial charge is 0.363 e. The van der Waals surface area contributed by atoms with Crippen LogP contribution in [0.4, 0.5) is 5.82 Å². The molecule has 1 aromatic heterocycles. The van der Waals surface area contributed by atoms with E-state index in [9.17, 15) is 4.79 Å². The summed E-state index contributed by atoms with van der Waals surface area (Å²) in [7, 11) is 4.00. The molecule has 6 heteroatoms. The SMILES string of the molecule is CCC[C@H]1CN(Cc2ccc(N(C)C)nc2)C[C@@H]1NC(=O)CSC. The third kappa shape index (κ3) is 5.38. The van der Waals surface area contributed by atoms with Crippen molar-refractivity contribution in [1.29, 1.82) is 0 Å². The van der Waals surface area contributed by atoms with Crippen molar-refractivity contribution >= 4 is 23.5 Å². The third-order valence-electron chi connectivity index (χ3n) is 4.47. The Morgan fingerprint density at radius 1 is 1.42 bits per heavy atom. The fraction of sp³-hybridized carbons (Fsp3) is 0.667. The van der Waals surface area contributed by atoms with Gasteiger partial charge in [0.2, 0.25) is 5.91 Å². The Balaban J connectivity index is 1.94. The number of nitrogens with zero attached hydrogens (tertiary/aromatic N) is 3. The van der Waals surface area contributed by atoms with E-state index in [-0.39, 0.29) is 11.9 Å². The second-order valence-corrected chi connectivity index (χ2v) is 7.63. The molecular formula is C18H30N4OS. The minimum absolute atomic E-state index is 0.160. The van der Waals surface area contributed by atoms with Gasteiger partial charge < -0.3 is 10.2 Å². The summed E-state index contributed by atoms with van der Waals surface area (Å²) in [5.41, 5.74) is 1.23. The highest BCUT2D eigenvalue weighted by Crippen LogP contribution is 2.23. The van der Waals surface area contributed by atoms with E-state index < -0.39 is 0 Å². The number of aromatic nitrogens is 1. The molecule has 24 heavy (non-hydrogen) atoms. The molecule has 1 N–H and O–H groups in total. The normalized spacial score (nSPS) is 21.0. The van der Waals surface area contributed by atoms with Crippen molar-refractivity contribution in [2.75, 3.05) is 44.1 Å². The topological polar surface area (TPSA) is 48.5 Å². The molecule has 0 spiro atoms. The quantitative estimate of drug-likeness (QED) is 0.779. The zero-order chi connectivity index (χ0) is 17.5. The maximum Gasteiger partial charge on any atom is 0.230 e. The predicted octanol–water partition coefficient (Wildman–Crippen LogP) is 2.23. The highest BCUT2D eigenvalue weighted by Gasteiger charge is 2.32. The number of nitrogens with one attached hydrogen (secondary N) is 1. The van der Waals surface area contributed by atoms with Crippen LogP contribution in [0.3, 0.4) is 0 Å². The molecule has 2 rings (SSSR count). The van der Waals surface area contributed by atoms with Crippen molar-refractivity contribution in [2.45, 2.75) is 32.4 Å². The first kappa shape index (κ1) is 19.1. The average molecular weight is 351 g/mol. The lowest BCUT2D eigenvalue weighted by Crippen LogP contribution is -2.41.